The highest BCUT2D eigenvalue weighted by Crippen LogP contribution is 2.48. The lowest BCUT2D eigenvalue weighted by Crippen LogP contribution is -2.18. The first-order valence-electron chi connectivity index (χ1n) is 5.09. The SMILES string of the molecule is Cc1noc(NCC2C3CNCC32)n1. The number of piperidine rings is 1. The number of aromatic nitrogens is 2. The second-order valence-corrected chi connectivity index (χ2v) is 4.18. The average Bonchev–Trinajstić information content (AvgIpc) is 2.59. The predicted molar refractivity (Wildman–Crippen MR) is 50.9 cm³/mol. The van der Waals surface area contributed by atoms with E-state index in [1.54, 1.807) is 0 Å². The summed E-state index contributed by atoms with van der Waals surface area (Å²) < 4.78 is 4.98. The molecule has 2 aliphatic rings. The summed E-state index contributed by atoms with van der Waals surface area (Å²) in [5.74, 6) is 3.26. The van der Waals surface area contributed by atoms with E-state index in [2.05, 4.69) is 20.8 Å². The molecule has 1 aromatic heterocycles. The Morgan fingerprint density at radius 3 is 2.93 bits per heavy atom. The fraction of sp³-hybridized carbons (Fsp3) is 0.778. The van der Waals surface area contributed by atoms with Gasteiger partial charge in [-0.3, -0.25) is 0 Å². The number of hydrogen-bond acceptors (Lipinski definition) is 5. The molecule has 1 aliphatic heterocycles. The Morgan fingerprint density at radius 2 is 2.29 bits per heavy atom. The zero-order chi connectivity index (χ0) is 9.54. The molecule has 3 rings (SSSR count). The summed E-state index contributed by atoms with van der Waals surface area (Å²) in [6.45, 7) is 5.16. The van der Waals surface area contributed by atoms with Gasteiger partial charge < -0.3 is 15.2 Å². The average molecular weight is 194 g/mol. The first-order chi connectivity index (χ1) is 6.84. The molecule has 2 fully saturated rings. The van der Waals surface area contributed by atoms with Crippen LogP contribution in [0.5, 0.6) is 0 Å². The quantitative estimate of drug-likeness (QED) is 0.722. The van der Waals surface area contributed by atoms with Crippen molar-refractivity contribution in [3.8, 4) is 0 Å². The molecule has 2 N–H and O–H groups in total. The number of nitrogens with one attached hydrogen (secondary N) is 2. The van der Waals surface area contributed by atoms with Crippen LogP contribution in [0.15, 0.2) is 4.52 Å². The van der Waals surface area contributed by atoms with Gasteiger partial charge >= 0.3 is 6.01 Å². The molecule has 2 atom stereocenters. The fourth-order valence-electron chi connectivity index (χ4n) is 2.42. The summed E-state index contributed by atoms with van der Waals surface area (Å²) >= 11 is 0. The van der Waals surface area contributed by atoms with Crippen LogP contribution in [0.4, 0.5) is 6.01 Å². The van der Waals surface area contributed by atoms with E-state index in [0.717, 1.165) is 24.3 Å². The van der Waals surface area contributed by atoms with Crippen LogP contribution in [0.25, 0.3) is 0 Å². The maximum absolute atomic E-state index is 4.98. The molecule has 0 amide bonds. The lowest BCUT2D eigenvalue weighted by Gasteiger charge is -2.03. The number of nitrogens with zero attached hydrogens (tertiary/aromatic N) is 2. The van der Waals surface area contributed by atoms with Crippen LogP contribution >= 0.6 is 0 Å². The lowest BCUT2D eigenvalue weighted by atomic mass is 10.3. The van der Waals surface area contributed by atoms with Gasteiger partial charge in [-0.05, 0) is 37.8 Å². The zero-order valence-electron chi connectivity index (χ0n) is 8.16. The molecule has 5 nitrogen and oxygen atoms in total. The fourth-order valence-corrected chi connectivity index (χ4v) is 2.42. The summed E-state index contributed by atoms with van der Waals surface area (Å²) in [4.78, 5) is 4.10. The lowest BCUT2D eigenvalue weighted by molar-refractivity contribution is 0.423. The van der Waals surface area contributed by atoms with Crippen LogP contribution in [0, 0.1) is 24.7 Å². The molecule has 2 heterocycles. The molecule has 0 spiro atoms. The number of anilines is 1. The third kappa shape index (κ3) is 1.28. The van der Waals surface area contributed by atoms with Gasteiger partial charge in [0.25, 0.3) is 0 Å². The van der Waals surface area contributed by atoms with Gasteiger partial charge in [-0.25, -0.2) is 0 Å². The summed E-state index contributed by atoms with van der Waals surface area (Å²) in [6, 6.07) is 0.556. The van der Waals surface area contributed by atoms with E-state index in [0.29, 0.717) is 11.8 Å². The number of fused-ring (bicyclic) bond motifs is 1. The third-order valence-corrected chi connectivity index (χ3v) is 3.29. The van der Waals surface area contributed by atoms with E-state index in [1.165, 1.54) is 13.1 Å². The minimum atomic E-state index is 0.556. The second-order valence-electron chi connectivity index (χ2n) is 4.18. The molecule has 0 aromatic carbocycles. The Balaban J connectivity index is 1.51. The monoisotopic (exact) mass is 194 g/mol. The molecule has 14 heavy (non-hydrogen) atoms. The second kappa shape index (κ2) is 2.95. The Bertz CT molecular complexity index is 327. The van der Waals surface area contributed by atoms with Gasteiger partial charge in [0, 0.05) is 6.54 Å². The van der Waals surface area contributed by atoms with Gasteiger partial charge in [0.2, 0.25) is 0 Å². The van der Waals surface area contributed by atoms with Crippen molar-refractivity contribution in [1.29, 1.82) is 0 Å². The van der Waals surface area contributed by atoms with Crippen LogP contribution in [0.2, 0.25) is 0 Å². The van der Waals surface area contributed by atoms with E-state index in [-0.39, 0.29) is 0 Å². The molecular formula is C9H14N4O. The number of aryl methyl sites for hydroxylation is 1. The minimum Gasteiger partial charge on any atom is -0.337 e. The normalized spacial score (nSPS) is 34.2. The molecule has 0 radical (unpaired) electrons. The molecule has 1 saturated carbocycles. The molecule has 1 aromatic rings. The van der Waals surface area contributed by atoms with Gasteiger partial charge in [-0.1, -0.05) is 5.16 Å². The predicted octanol–water partition coefficient (Wildman–Crippen LogP) is 0.255. The van der Waals surface area contributed by atoms with E-state index in [4.69, 9.17) is 4.52 Å². The van der Waals surface area contributed by atoms with Crippen molar-refractivity contribution in [2.75, 3.05) is 25.0 Å². The van der Waals surface area contributed by atoms with Crippen LogP contribution in [0.3, 0.4) is 0 Å². The zero-order valence-corrected chi connectivity index (χ0v) is 8.16. The number of hydrogen-bond donors (Lipinski definition) is 2. The van der Waals surface area contributed by atoms with Crippen molar-refractivity contribution < 1.29 is 4.52 Å². The van der Waals surface area contributed by atoms with Crippen molar-refractivity contribution in [2.24, 2.45) is 17.8 Å². The summed E-state index contributed by atoms with van der Waals surface area (Å²) in [7, 11) is 0. The van der Waals surface area contributed by atoms with Crippen molar-refractivity contribution in [1.82, 2.24) is 15.5 Å². The van der Waals surface area contributed by atoms with Crippen LogP contribution < -0.4 is 10.6 Å². The van der Waals surface area contributed by atoms with E-state index >= 15 is 0 Å². The number of rotatable bonds is 3. The summed E-state index contributed by atoms with van der Waals surface area (Å²) in [5.41, 5.74) is 0. The largest absolute Gasteiger partial charge is 0.337 e. The van der Waals surface area contributed by atoms with Gasteiger partial charge in [-0.15, -0.1) is 0 Å². The standard InChI is InChI=1S/C9H14N4O/c1-5-12-9(14-13-5)11-4-8-6-2-10-3-7(6)8/h6-8,10H,2-4H2,1H3,(H,11,12,13). The van der Waals surface area contributed by atoms with Crippen molar-refractivity contribution in [3.63, 3.8) is 0 Å². The van der Waals surface area contributed by atoms with Gasteiger partial charge in [0.1, 0.15) is 0 Å². The molecule has 5 heteroatoms. The Labute approximate surface area is 82.3 Å². The van der Waals surface area contributed by atoms with Crippen LogP contribution in [-0.2, 0) is 0 Å². The molecule has 2 unspecified atom stereocenters. The van der Waals surface area contributed by atoms with E-state index in [1.807, 2.05) is 6.92 Å². The van der Waals surface area contributed by atoms with Gasteiger partial charge in [0.15, 0.2) is 5.82 Å². The highest BCUT2D eigenvalue weighted by atomic mass is 16.5. The Hall–Kier alpha value is -1.10. The molecular weight excluding hydrogens is 180 g/mol. The van der Waals surface area contributed by atoms with E-state index < -0.39 is 0 Å². The summed E-state index contributed by atoms with van der Waals surface area (Å²) in [5, 5.41) is 10.3. The third-order valence-electron chi connectivity index (χ3n) is 3.29. The van der Waals surface area contributed by atoms with Gasteiger partial charge in [0.05, 0.1) is 0 Å². The Kier molecular flexibility index (Phi) is 1.73. The Morgan fingerprint density at radius 1 is 1.50 bits per heavy atom. The minimum absolute atomic E-state index is 0.556. The molecule has 1 saturated heterocycles. The molecule has 0 bridgehead atoms. The summed E-state index contributed by atoms with van der Waals surface area (Å²) in [6.07, 6.45) is 0. The highest BCUT2D eigenvalue weighted by molar-refractivity contribution is 5.20. The van der Waals surface area contributed by atoms with Gasteiger partial charge in [-0.2, -0.15) is 4.98 Å². The maximum Gasteiger partial charge on any atom is 0.321 e. The van der Waals surface area contributed by atoms with Crippen LogP contribution in [0.1, 0.15) is 5.82 Å². The first kappa shape index (κ1) is 8.23. The topological polar surface area (TPSA) is 63.0 Å². The maximum atomic E-state index is 4.98. The van der Waals surface area contributed by atoms with E-state index in [9.17, 15) is 0 Å². The first-order valence-corrected chi connectivity index (χ1v) is 5.09. The molecule has 76 valence electrons. The molecule has 1 aliphatic carbocycles. The smallest absolute Gasteiger partial charge is 0.321 e. The van der Waals surface area contributed by atoms with Crippen LogP contribution in [-0.4, -0.2) is 29.8 Å². The van der Waals surface area contributed by atoms with Crippen molar-refractivity contribution >= 4 is 6.01 Å². The highest BCUT2D eigenvalue weighted by Gasteiger charge is 2.52. The van der Waals surface area contributed by atoms with Crippen molar-refractivity contribution in [3.05, 3.63) is 5.82 Å². The van der Waals surface area contributed by atoms with Crippen molar-refractivity contribution in [2.45, 2.75) is 6.92 Å².